The quantitative estimate of drug-likeness (QED) is 0.670. The second-order valence-electron chi connectivity index (χ2n) is 5.73. The van der Waals surface area contributed by atoms with Crippen LogP contribution < -0.4 is 5.32 Å². The average Bonchev–Trinajstić information content (AvgIpc) is 3.22. The fourth-order valence-corrected chi connectivity index (χ4v) is 2.95. The number of nitrogens with zero attached hydrogens (tertiary/aromatic N) is 6. The molecule has 1 aliphatic heterocycles. The van der Waals surface area contributed by atoms with Gasteiger partial charge in [0.25, 0.3) is 0 Å². The van der Waals surface area contributed by atoms with Crippen LogP contribution in [0, 0.1) is 0 Å². The number of hydrogen-bond donors (Lipinski definition) is 1. The summed E-state index contributed by atoms with van der Waals surface area (Å²) in [6.45, 7) is 2.73. The topological polar surface area (TPSA) is 63.3 Å². The molecule has 0 saturated carbocycles. The summed E-state index contributed by atoms with van der Waals surface area (Å²) in [6.07, 6.45) is 7.03. The maximum Gasteiger partial charge on any atom is 0.193 e. The zero-order valence-electron chi connectivity index (χ0n) is 13.4. The average molecular weight is 301 g/mol. The van der Waals surface area contributed by atoms with Gasteiger partial charge in [-0.15, -0.1) is 0 Å². The Morgan fingerprint density at radius 2 is 2.27 bits per heavy atom. The highest BCUT2D eigenvalue weighted by atomic mass is 15.3. The highest BCUT2D eigenvalue weighted by Crippen LogP contribution is 2.26. The molecule has 0 bridgehead atoms. The van der Waals surface area contributed by atoms with Gasteiger partial charge in [-0.3, -0.25) is 14.4 Å². The molecule has 1 unspecified atom stereocenters. The van der Waals surface area contributed by atoms with Gasteiger partial charge < -0.3 is 10.2 Å². The minimum atomic E-state index is 0.531. The molecule has 22 heavy (non-hydrogen) atoms. The number of aryl methyl sites for hydroxylation is 2. The molecule has 0 aliphatic carbocycles. The van der Waals surface area contributed by atoms with Gasteiger partial charge in [-0.2, -0.15) is 10.2 Å². The second-order valence-corrected chi connectivity index (χ2v) is 5.73. The Morgan fingerprint density at radius 3 is 2.91 bits per heavy atom. The molecule has 1 N–H and O–H groups in total. The Bertz CT molecular complexity index is 654. The molecule has 0 aromatic carbocycles. The standard InChI is InChI=1S/C15H23N7/c1-16-15(17-9-14-4-6-18-21(14)3)22-7-5-12(11-22)13-8-19-20(2)10-13/h4,6,8,10,12H,5,7,9,11H2,1-3H3,(H,16,17). The Hall–Kier alpha value is -2.31. The first kappa shape index (κ1) is 14.6. The van der Waals surface area contributed by atoms with Gasteiger partial charge in [0.05, 0.1) is 18.4 Å². The van der Waals surface area contributed by atoms with Crippen molar-refractivity contribution in [2.45, 2.75) is 18.9 Å². The van der Waals surface area contributed by atoms with Crippen molar-refractivity contribution < 1.29 is 0 Å². The van der Waals surface area contributed by atoms with Gasteiger partial charge in [-0.1, -0.05) is 0 Å². The minimum Gasteiger partial charge on any atom is -0.351 e. The van der Waals surface area contributed by atoms with Crippen molar-refractivity contribution in [3.63, 3.8) is 0 Å². The maximum absolute atomic E-state index is 4.41. The molecular formula is C15H23N7. The first-order valence-electron chi connectivity index (χ1n) is 7.58. The molecular weight excluding hydrogens is 278 g/mol. The van der Waals surface area contributed by atoms with E-state index in [-0.39, 0.29) is 0 Å². The van der Waals surface area contributed by atoms with Crippen LogP contribution in [0.1, 0.15) is 23.6 Å². The van der Waals surface area contributed by atoms with Gasteiger partial charge in [-0.25, -0.2) is 0 Å². The molecule has 7 heteroatoms. The number of guanidine groups is 1. The lowest BCUT2D eigenvalue weighted by Gasteiger charge is -2.21. The Morgan fingerprint density at radius 1 is 1.41 bits per heavy atom. The van der Waals surface area contributed by atoms with E-state index in [9.17, 15) is 0 Å². The number of rotatable bonds is 3. The molecule has 2 aromatic heterocycles. The summed E-state index contributed by atoms with van der Waals surface area (Å²) in [7, 11) is 5.75. The first-order chi connectivity index (χ1) is 10.7. The van der Waals surface area contributed by atoms with Gasteiger partial charge in [0.15, 0.2) is 5.96 Å². The van der Waals surface area contributed by atoms with Gasteiger partial charge in [0, 0.05) is 52.5 Å². The largest absolute Gasteiger partial charge is 0.351 e. The van der Waals surface area contributed by atoms with Crippen molar-refractivity contribution in [3.05, 3.63) is 35.9 Å². The summed E-state index contributed by atoms with van der Waals surface area (Å²) in [5.74, 6) is 1.48. The van der Waals surface area contributed by atoms with Crippen molar-refractivity contribution >= 4 is 5.96 Å². The molecule has 0 radical (unpaired) electrons. The van der Waals surface area contributed by atoms with E-state index in [1.807, 2.05) is 49.0 Å². The summed E-state index contributed by atoms with van der Waals surface area (Å²) >= 11 is 0. The SMILES string of the molecule is CN=C(NCc1ccnn1C)N1CCC(c2cnn(C)c2)C1. The lowest BCUT2D eigenvalue weighted by atomic mass is 10.0. The fraction of sp³-hybridized carbons (Fsp3) is 0.533. The fourth-order valence-electron chi connectivity index (χ4n) is 2.95. The summed E-state index contributed by atoms with van der Waals surface area (Å²) in [6, 6.07) is 2.02. The van der Waals surface area contributed by atoms with Gasteiger partial charge in [0.1, 0.15) is 0 Å². The third kappa shape index (κ3) is 2.98. The number of nitrogens with one attached hydrogen (secondary N) is 1. The van der Waals surface area contributed by atoms with Crippen molar-refractivity contribution in [2.24, 2.45) is 19.1 Å². The first-order valence-corrected chi connectivity index (χ1v) is 7.58. The zero-order chi connectivity index (χ0) is 15.5. The van der Waals surface area contributed by atoms with Crippen LogP contribution >= 0.6 is 0 Å². The molecule has 1 fully saturated rings. The van der Waals surface area contributed by atoms with E-state index in [4.69, 9.17) is 0 Å². The second kappa shape index (κ2) is 6.21. The molecule has 1 atom stereocenters. The van der Waals surface area contributed by atoms with Crippen LogP contribution in [0.4, 0.5) is 0 Å². The number of hydrogen-bond acceptors (Lipinski definition) is 3. The van der Waals surface area contributed by atoms with E-state index in [2.05, 4.69) is 31.6 Å². The minimum absolute atomic E-state index is 0.531. The Balaban J connectivity index is 1.59. The van der Waals surface area contributed by atoms with E-state index in [1.165, 1.54) is 5.56 Å². The smallest absolute Gasteiger partial charge is 0.193 e. The van der Waals surface area contributed by atoms with Crippen molar-refractivity contribution in [1.82, 2.24) is 29.8 Å². The van der Waals surface area contributed by atoms with Gasteiger partial charge in [0.2, 0.25) is 0 Å². The molecule has 118 valence electrons. The molecule has 2 aromatic rings. The monoisotopic (exact) mass is 301 g/mol. The van der Waals surface area contributed by atoms with Gasteiger partial charge in [-0.05, 0) is 18.1 Å². The Kier molecular flexibility index (Phi) is 4.13. The lowest BCUT2D eigenvalue weighted by molar-refractivity contribution is 0.483. The maximum atomic E-state index is 4.41. The van der Waals surface area contributed by atoms with E-state index in [1.54, 1.807) is 0 Å². The van der Waals surface area contributed by atoms with E-state index >= 15 is 0 Å². The van der Waals surface area contributed by atoms with Gasteiger partial charge >= 0.3 is 0 Å². The summed E-state index contributed by atoms with van der Waals surface area (Å²) in [4.78, 5) is 6.73. The molecule has 7 nitrogen and oxygen atoms in total. The molecule has 3 heterocycles. The van der Waals surface area contributed by atoms with Crippen LogP contribution in [0.15, 0.2) is 29.6 Å². The summed E-state index contributed by atoms with van der Waals surface area (Å²) < 4.78 is 3.75. The predicted molar refractivity (Wildman–Crippen MR) is 85.5 cm³/mol. The highest BCUT2D eigenvalue weighted by Gasteiger charge is 2.26. The van der Waals surface area contributed by atoms with Crippen LogP contribution in [-0.2, 0) is 20.6 Å². The van der Waals surface area contributed by atoms with Crippen LogP contribution in [0.2, 0.25) is 0 Å². The van der Waals surface area contributed by atoms with Crippen molar-refractivity contribution in [3.8, 4) is 0 Å². The van der Waals surface area contributed by atoms with Crippen LogP contribution in [0.5, 0.6) is 0 Å². The normalized spacial score (nSPS) is 19.0. The number of likely N-dealkylation sites (tertiary alicyclic amines) is 1. The molecule has 1 saturated heterocycles. The van der Waals surface area contributed by atoms with E-state index in [0.717, 1.165) is 37.7 Å². The van der Waals surface area contributed by atoms with Crippen molar-refractivity contribution in [1.29, 1.82) is 0 Å². The predicted octanol–water partition coefficient (Wildman–Crippen LogP) is 0.718. The molecule has 1 aliphatic rings. The molecule has 0 spiro atoms. The highest BCUT2D eigenvalue weighted by molar-refractivity contribution is 5.80. The Labute approximate surface area is 130 Å². The summed E-state index contributed by atoms with van der Waals surface area (Å²) in [5.41, 5.74) is 2.45. The van der Waals surface area contributed by atoms with Crippen LogP contribution in [0.3, 0.4) is 0 Å². The number of aliphatic imine (C=N–C) groups is 1. The van der Waals surface area contributed by atoms with Crippen LogP contribution in [0.25, 0.3) is 0 Å². The van der Waals surface area contributed by atoms with Crippen LogP contribution in [-0.4, -0.2) is 50.6 Å². The zero-order valence-corrected chi connectivity index (χ0v) is 13.4. The third-order valence-electron chi connectivity index (χ3n) is 4.25. The third-order valence-corrected chi connectivity index (χ3v) is 4.25. The molecule has 3 rings (SSSR count). The molecule has 0 amide bonds. The lowest BCUT2D eigenvalue weighted by Crippen LogP contribution is -2.39. The summed E-state index contributed by atoms with van der Waals surface area (Å²) in [5, 5.41) is 11.9. The van der Waals surface area contributed by atoms with Crippen molar-refractivity contribution in [2.75, 3.05) is 20.1 Å². The van der Waals surface area contributed by atoms with E-state index in [0.29, 0.717) is 5.92 Å². The number of aromatic nitrogens is 4. The van der Waals surface area contributed by atoms with E-state index < -0.39 is 0 Å².